The van der Waals surface area contributed by atoms with Gasteiger partial charge in [-0.2, -0.15) is 0 Å². The Labute approximate surface area is 121 Å². The zero-order valence-electron chi connectivity index (χ0n) is 12.7. The molecule has 1 aromatic carbocycles. The molecule has 0 heterocycles. The average molecular weight is 278 g/mol. The van der Waals surface area contributed by atoms with E-state index in [1.165, 1.54) is 0 Å². The third kappa shape index (κ3) is 6.17. The fraction of sp³-hybridized carbons (Fsp3) is 0.562. The standard InChI is InChI=1S/C16H26N2O2/c1-16(2,9-10-20-3)12-18-15(19)14(17)11-13-7-5-4-6-8-13/h4-8,14H,9-12,17H2,1-3H3,(H,18,19)/t14-/m0/s1. The van der Waals surface area contributed by atoms with Crippen LogP contribution < -0.4 is 11.1 Å². The highest BCUT2D eigenvalue weighted by atomic mass is 16.5. The first-order valence-electron chi connectivity index (χ1n) is 7.01. The highest BCUT2D eigenvalue weighted by Gasteiger charge is 2.21. The monoisotopic (exact) mass is 278 g/mol. The number of carbonyl (C=O) groups is 1. The van der Waals surface area contributed by atoms with Crippen LogP contribution in [0.1, 0.15) is 25.8 Å². The van der Waals surface area contributed by atoms with E-state index in [-0.39, 0.29) is 11.3 Å². The second-order valence-corrected chi connectivity index (χ2v) is 5.92. The maximum absolute atomic E-state index is 12.0. The minimum atomic E-state index is -0.504. The molecule has 0 bridgehead atoms. The predicted molar refractivity (Wildman–Crippen MR) is 81.4 cm³/mol. The lowest BCUT2D eigenvalue weighted by Crippen LogP contribution is -2.45. The summed E-state index contributed by atoms with van der Waals surface area (Å²) in [4.78, 5) is 12.0. The number of ether oxygens (including phenoxy) is 1. The van der Waals surface area contributed by atoms with Gasteiger partial charge in [0, 0.05) is 20.3 Å². The molecule has 0 aliphatic heterocycles. The van der Waals surface area contributed by atoms with E-state index >= 15 is 0 Å². The number of nitrogens with one attached hydrogen (secondary N) is 1. The van der Waals surface area contributed by atoms with E-state index in [0.29, 0.717) is 19.6 Å². The number of carbonyl (C=O) groups excluding carboxylic acids is 1. The molecule has 20 heavy (non-hydrogen) atoms. The van der Waals surface area contributed by atoms with Gasteiger partial charge in [0.05, 0.1) is 6.04 Å². The van der Waals surface area contributed by atoms with Gasteiger partial charge in [0.25, 0.3) is 0 Å². The Morgan fingerprint density at radius 3 is 2.60 bits per heavy atom. The van der Waals surface area contributed by atoms with Crippen molar-refractivity contribution in [1.29, 1.82) is 0 Å². The van der Waals surface area contributed by atoms with Crippen LogP contribution in [0.4, 0.5) is 0 Å². The third-order valence-corrected chi connectivity index (χ3v) is 3.36. The minimum Gasteiger partial charge on any atom is -0.385 e. The van der Waals surface area contributed by atoms with Crippen LogP contribution in [-0.4, -0.2) is 32.2 Å². The van der Waals surface area contributed by atoms with Crippen LogP contribution in [0.2, 0.25) is 0 Å². The Bertz CT molecular complexity index is 404. The van der Waals surface area contributed by atoms with Gasteiger partial charge in [0.1, 0.15) is 0 Å². The first-order valence-corrected chi connectivity index (χ1v) is 7.01. The Hall–Kier alpha value is -1.39. The molecule has 0 aromatic heterocycles. The van der Waals surface area contributed by atoms with E-state index < -0.39 is 6.04 Å². The van der Waals surface area contributed by atoms with E-state index in [9.17, 15) is 4.79 Å². The molecule has 0 aliphatic rings. The second-order valence-electron chi connectivity index (χ2n) is 5.92. The van der Waals surface area contributed by atoms with Gasteiger partial charge in [0.2, 0.25) is 5.91 Å². The van der Waals surface area contributed by atoms with Crippen molar-refractivity contribution in [2.24, 2.45) is 11.1 Å². The molecule has 0 spiro atoms. The van der Waals surface area contributed by atoms with Crippen molar-refractivity contribution < 1.29 is 9.53 Å². The number of methoxy groups -OCH3 is 1. The van der Waals surface area contributed by atoms with Gasteiger partial charge >= 0.3 is 0 Å². The number of rotatable bonds is 8. The van der Waals surface area contributed by atoms with Gasteiger partial charge in [-0.25, -0.2) is 0 Å². The molecular weight excluding hydrogens is 252 g/mol. The SMILES string of the molecule is COCCC(C)(C)CNC(=O)[C@@H](N)Cc1ccccc1. The molecule has 4 nitrogen and oxygen atoms in total. The Morgan fingerprint density at radius 2 is 2.00 bits per heavy atom. The van der Waals surface area contributed by atoms with E-state index in [0.717, 1.165) is 12.0 Å². The van der Waals surface area contributed by atoms with Crippen LogP contribution in [0.25, 0.3) is 0 Å². The fourth-order valence-corrected chi connectivity index (χ4v) is 1.88. The fourth-order valence-electron chi connectivity index (χ4n) is 1.88. The summed E-state index contributed by atoms with van der Waals surface area (Å²) in [6, 6.07) is 9.32. The van der Waals surface area contributed by atoms with E-state index in [1.54, 1.807) is 7.11 Å². The van der Waals surface area contributed by atoms with Gasteiger partial charge in [-0.05, 0) is 23.8 Å². The summed E-state index contributed by atoms with van der Waals surface area (Å²) in [5.74, 6) is -0.0978. The summed E-state index contributed by atoms with van der Waals surface area (Å²) < 4.78 is 5.07. The van der Waals surface area contributed by atoms with Gasteiger partial charge in [0.15, 0.2) is 0 Å². The summed E-state index contributed by atoms with van der Waals surface area (Å²) in [6.07, 6.45) is 1.46. The quantitative estimate of drug-likeness (QED) is 0.761. The first kappa shape index (κ1) is 16.7. The molecule has 3 N–H and O–H groups in total. The highest BCUT2D eigenvalue weighted by Crippen LogP contribution is 2.18. The minimum absolute atomic E-state index is 0.0120. The number of nitrogens with two attached hydrogens (primary N) is 1. The largest absolute Gasteiger partial charge is 0.385 e. The summed E-state index contributed by atoms with van der Waals surface area (Å²) >= 11 is 0. The third-order valence-electron chi connectivity index (χ3n) is 3.36. The molecule has 0 saturated heterocycles. The molecular formula is C16H26N2O2. The lowest BCUT2D eigenvalue weighted by molar-refractivity contribution is -0.122. The Morgan fingerprint density at radius 1 is 1.35 bits per heavy atom. The maximum atomic E-state index is 12.0. The normalized spacial score (nSPS) is 13.0. The van der Waals surface area contributed by atoms with Crippen molar-refractivity contribution >= 4 is 5.91 Å². The van der Waals surface area contributed by atoms with Crippen LogP contribution in [0, 0.1) is 5.41 Å². The zero-order chi connectivity index (χ0) is 15.0. The van der Waals surface area contributed by atoms with Crippen molar-refractivity contribution in [3.63, 3.8) is 0 Å². The maximum Gasteiger partial charge on any atom is 0.237 e. The zero-order valence-corrected chi connectivity index (χ0v) is 12.7. The lowest BCUT2D eigenvalue weighted by atomic mass is 9.89. The van der Waals surface area contributed by atoms with Crippen molar-refractivity contribution in [2.75, 3.05) is 20.3 Å². The van der Waals surface area contributed by atoms with Gasteiger partial charge in [-0.1, -0.05) is 44.2 Å². The molecule has 0 radical (unpaired) electrons. The van der Waals surface area contributed by atoms with E-state index in [1.807, 2.05) is 30.3 Å². The molecule has 0 unspecified atom stereocenters. The summed E-state index contributed by atoms with van der Waals surface area (Å²) in [7, 11) is 1.68. The summed E-state index contributed by atoms with van der Waals surface area (Å²) in [5.41, 5.74) is 7.03. The van der Waals surface area contributed by atoms with Crippen molar-refractivity contribution in [1.82, 2.24) is 5.32 Å². The van der Waals surface area contributed by atoms with Gasteiger partial charge in [-0.15, -0.1) is 0 Å². The van der Waals surface area contributed by atoms with Crippen LogP contribution in [-0.2, 0) is 16.0 Å². The molecule has 0 aliphatic carbocycles. The van der Waals surface area contributed by atoms with Crippen LogP contribution in [0.3, 0.4) is 0 Å². The topological polar surface area (TPSA) is 64.3 Å². The van der Waals surface area contributed by atoms with Gasteiger partial charge < -0.3 is 15.8 Å². The average Bonchev–Trinajstić information content (AvgIpc) is 2.44. The Kier molecular flexibility index (Phi) is 6.68. The Balaban J connectivity index is 2.38. The molecule has 4 heteroatoms. The molecule has 1 amide bonds. The van der Waals surface area contributed by atoms with E-state index in [4.69, 9.17) is 10.5 Å². The van der Waals surface area contributed by atoms with Crippen molar-refractivity contribution in [3.8, 4) is 0 Å². The number of benzene rings is 1. The van der Waals surface area contributed by atoms with Crippen molar-refractivity contribution in [3.05, 3.63) is 35.9 Å². The molecule has 112 valence electrons. The number of amides is 1. The van der Waals surface area contributed by atoms with Crippen molar-refractivity contribution in [2.45, 2.75) is 32.7 Å². The smallest absolute Gasteiger partial charge is 0.237 e. The molecule has 1 atom stereocenters. The highest BCUT2D eigenvalue weighted by molar-refractivity contribution is 5.81. The summed E-state index contributed by atoms with van der Waals surface area (Å²) in [5, 5.41) is 2.93. The molecule has 1 rings (SSSR count). The van der Waals surface area contributed by atoms with E-state index in [2.05, 4.69) is 19.2 Å². The van der Waals surface area contributed by atoms with Crippen LogP contribution in [0.5, 0.6) is 0 Å². The molecule has 0 saturated carbocycles. The first-order chi connectivity index (χ1) is 9.44. The number of hydrogen-bond donors (Lipinski definition) is 2. The second kappa shape index (κ2) is 8.02. The predicted octanol–water partition coefficient (Wildman–Crippen LogP) is 1.74. The van der Waals surface area contributed by atoms with Crippen LogP contribution >= 0.6 is 0 Å². The summed E-state index contributed by atoms with van der Waals surface area (Å²) in [6.45, 7) is 5.51. The molecule has 0 fully saturated rings. The molecule has 1 aromatic rings. The lowest BCUT2D eigenvalue weighted by Gasteiger charge is -2.25. The van der Waals surface area contributed by atoms with Crippen LogP contribution in [0.15, 0.2) is 30.3 Å². The van der Waals surface area contributed by atoms with Gasteiger partial charge in [-0.3, -0.25) is 4.79 Å². The number of hydrogen-bond acceptors (Lipinski definition) is 3.